The summed E-state index contributed by atoms with van der Waals surface area (Å²) in [7, 11) is 0. The second-order valence-corrected chi connectivity index (χ2v) is 4.10. The third-order valence-electron chi connectivity index (χ3n) is 2.63. The zero-order chi connectivity index (χ0) is 13.1. The molecule has 1 atom stereocenters. The molecular formula is C13H14N2O3. The van der Waals surface area contributed by atoms with Crippen LogP contribution in [0.4, 0.5) is 5.82 Å². The van der Waals surface area contributed by atoms with Crippen LogP contribution >= 0.6 is 0 Å². The maximum atomic E-state index is 11.0. The van der Waals surface area contributed by atoms with E-state index in [1.54, 1.807) is 30.3 Å². The van der Waals surface area contributed by atoms with E-state index >= 15 is 0 Å². The Morgan fingerprint density at radius 1 is 1.39 bits per heavy atom. The molecule has 18 heavy (non-hydrogen) atoms. The van der Waals surface area contributed by atoms with Crippen molar-refractivity contribution in [2.45, 2.75) is 13.0 Å². The molecule has 3 N–H and O–H groups in total. The lowest BCUT2D eigenvalue weighted by atomic mass is 10.1. The van der Waals surface area contributed by atoms with Crippen molar-refractivity contribution in [3.05, 3.63) is 35.9 Å². The highest BCUT2D eigenvalue weighted by atomic mass is 16.4. The van der Waals surface area contributed by atoms with E-state index in [9.17, 15) is 4.79 Å². The number of nitrogens with one attached hydrogen (secondary N) is 1. The van der Waals surface area contributed by atoms with Crippen LogP contribution in [-0.4, -0.2) is 33.8 Å². The van der Waals surface area contributed by atoms with Gasteiger partial charge in [-0.2, -0.15) is 0 Å². The third-order valence-corrected chi connectivity index (χ3v) is 2.63. The fourth-order valence-electron chi connectivity index (χ4n) is 1.72. The quantitative estimate of drug-likeness (QED) is 0.765. The number of aromatic carboxylic acids is 1. The van der Waals surface area contributed by atoms with E-state index in [0.29, 0.717) is 16.7 Å². The predicted molar refractivity (Wildman–Crippen MR) is 68.9 cm³/mol. The predicted octanol–water partition coefficient (Wildman–Crippen LogP) is 1.73. The average molecular weight is 246 g/mol. The van der Waals surface area contributed by atoms with Crippen molar-refractivity contribution in [1.29, 1.82) is 0 Å². The number of carbonyl (C=O) groups is 1. The number of carboxylic acid groups (broad SMARTS) is 1. The minimum absolute atomic E-state index is 0.00881. The van der Waals surface area contributed by atoms with E-state index < -0.39 is 5.97 Å². The minimum atomic E-state index is -0.966. The van der Waals surface area contributed by atoms with Gasteiger partial charge in [0.05, 0.1) is 17.7 Å². The van der Waals surface area contributed by atoms with Crippen LogP contribution in [0.2, 0.25) is 0 Å². The van der Waals surface area contributed by atoms with E-state index in [0.717, 1.165) is 0 Å². The monoisotopic (exact) mass is 246 g/mol. The third kappa shape index (κ3) is 2.41. The van der Waals surface area contributed by atoms with Gasteiger partial charge in [-0.15, -0.1) is 0 Å². The highest BCUT2D eigenvalue weighted by molar-refractivity contribution is 6.02. The molecule has 1 unspecified atom stereocenters. The molecule has 5 heteroatoms. The zero-order valence-electron chi connectivity index (χ0n) is 9.92. The SMILES string of the molecule is CC(CO)Nc1ccc2c(C(=O)O)cccc2n1. The summed E-state index contributed by atoms with van der Waals surface area (Å²) in [6.45, 7) is 1.84. The van der Waals surface area contributed by atoms with Crippen molar-refractivity contribution < 1.29 is 15.0 Å². The maximum Gasteiger partial charge on any atom is 0.336 e. The number of aliphatic hydroxyl groups excluding tert-OH is 1. The summed E-state index contributed by atoms with van der Waals surface area (Å²) in [5.74, 6) is -0.349. The van der Waals surface area contributed by atoms with E-state index in [4.69, 9.17) is 10.2 Å². The summed E-state index contributed by atoms with van der Waals surface area (Å²) < 4.78 is 0. The summed E-state index contributed by atoms with van der Waals surface area (Å²) in [5.41, 5.74) is 0.854. The number of aromatic nitrogens is 1. The Hall–Kier alpha value is -2.14. The Morgan fingerprint density at radius 2 is 2.17 bits per heavy atom. The van der Waals surface area contributed by atoms with Crippen molar-refractivity contribution in [1.82, 2.24) is 4.98 Å². The molecule has 0 aliphatic carbocycles. The molecule has 2 rings (SSSR count). The van der Waals surface area contributed by atoms with E-state index in [1.807, 2.05) is 6.92 Å². The van der Waals surface area contributed by atoms with Gasteiger partial charge in [0, 0.05) is 11.4 Å². The Labute approximate surface area is 104 Å². The Kier molecular flexibility index (Phi) is 3.43. The van der Waals surface area contributed by atoms with Gasteiger partial charge in [-0.3, -0.25) is 0 Å². The summed E-state index contributed by atoms with van der Waals surface area (Å²) in [4.78, 5) is 15.4. The zero-order valence-corrected chi connectivity index (χ0v) is 9.92. The number of nitrogens with zero attached hydrogens (tertiary/aromatic N) is 1. The lowest BCUT2D eigenvalue weighted by Crippen LogP contribution is -2.19. The Balaban J connectivity index is 2.44. The number of anilines is 1. The number of hydrogen-bond donors (Lipinski definition) is 3. The first-order valence-corrected chi connectivity index (χ1v) is 5.62. The van der Waals surface area contributed by atoms with Crippen molar-refractivity contribution in [2.24, 2.45) is 0 Å². The molecule has 1 heterocycles. The summed E-state index contributed by atoms with van der Waals surface area (Å²) in [6, 6.07) is 8.31. The van der Waals surface area contributed by atoms with Crippen LogP contribution in [0.1, 0.15) is 17.3 Å². The summed E-state index contributed by atoms with van der Waals surface area (Å²) in [6.07, 6.45) is 0. The van der Waals surface area contributed by atoms with E-state index in [-0.39, 0.29) is 18.2 Å². The maximum absolute atomic E-state index is 11.0. The lowest BCUT2D eigenvalue weighted by Gasteiger charge is -2.12. The first-order chi connectivity index (χ1) is 8.61. The molecule has 0 aliphatic heterocycles. The number of benzene rings is 1. The molecule has 0 radical (unpaired) electrons. The summed E-state index contributed by atoms with van der Waals surface area (Å²) in [5, 5.41) is 21.6. The van der Waals surface area contributed by atoms with Crippen LogP contribution < -0.4 is 5.32 Å². The minimum Gasteiger partial charge on any atom is -0.478 e. The van der Waals surface area contributed by atoms with Gasteiger partial charge in [0.1, 0.15) is 5.82 Å². The molecule has 0 fully saturated rings. The normalized spacial score (nSPS) is 12.3. The highest BCUT2D eigenvalue weighted by Crippen LogP contribution is 2.19. The number of carboxylic acids is 1. The van der Waals surface area contributed by atoms with Gasteiger partial charge in [0.25, 0.3) is 0 Å². The van der Waals surface area contributed by atoms with Gasteiger partial charge in [-0.25, -0.2) is 9.78 Å². The van der Waals surface area contributed by atoms with Crippen LogP contribution in [0.25, 0.3) is 10.9 Å². The Morgan fingerprint density at radius 3 is 2.83 bits per heavy atom. The molecule has 0 aliphatic rings. The van der Waals surface area contributed by atoms with Crippen molar-refractivity contribution in [3.8, 4) is 0 Å². The second-order valence-electron chi connectivity index (χ2n) is 4.10. The largest absolute Gasteiger partial charge is 0.478 e. The van der Waals surface area contributed by atoms with Gasteiger partial charge >= 0.3 is 5.97 Å². The van der Waals surface area contributed by atoms with E-state index in [1.165, 1.54) is 0 Å². The first-order valence-electron chi connectivity index (χ1n) is 5.62. The molecule has 1 aromatic heterocycles. The van der Waals surface area contributed by atoms with Crippen LogP contribution in [0.3, 0.4) is 0 Å². The number of rotatable bonds is 4. The van der Waals surface area contributed by atoms with Crippen LogP contribution in [0, 0.1) is 0 Å². The van der Waals surface area contributed by atoms with Crippen molar-refractivity contribution >= 4 is 22.7 Å². The molecule has 0 saturated carbocycles. The van der Waals surface area contributed by atoms with E-state index in [2.05, 4.69) is 10.3 Å². The van der Waals surface area contributed by atoms with Gasteiger partial charge in [-0.05, 0) is 31.2 Å². The number of hydrogen-bond acceptors (Lipinski definition) is 4. The molecule has 94 valence electrons. The molecule has 1 aromatic carbocycles. The summed E-state index contributed by atoms with van der Waals surface area (Å²) >= 11 is 0. The fraction of sp³-hybridized carbons (Fsp3) is 0.231. The lowest BCUT2D eigenvalue weighted by molar-refractivity contribution is 0.0699. The molecular weight excluding hydrogens is 232 g/mol. The molecule has 0 saturated heterocycles. The topological polar surface area (TPSA) is 82.5 Å². The van der Waals surface area contributed by atoms with Gasteiger partial charge in [0.2, 0.25) is 0 Å². The molecule has 5 nitrogen and oxygen atoms in total. The van der Waals surface area contributed by atoms with Gasteiger partial charge in [0.15, 0.2) is 0 Å². The molecule has 2 aromatic rings. The second kappa shape index (κ2) is 5.01. The van der Waals surface area contributed by atoms with Crippen LogP contribution in [-0.2, 0) is 0 Å². The van der Waals surface area contributed by atoms with Crippen LogP contribution in [0.15, 0.2) is 30.3 Å². The van der Waals surface area contributed by atoms with Crippen LogP contribution in [0.5, 0.6) is 0 Å². The average Bonchev–Trinajstić information content (AvgIpc) is 2.37. The molecule has 0 bridgehead atoms. The van der Waals surface area contributed by atoms with Gasteiger partial charge in [-0.1, -0.05) is 6.07 Å². The fourth-order valence-corrected chi connectivity index (χ4v) is 1.72. The molecule has 0 spiro atoms. The number of fused-ring (bicyclic) bond motifs is 1. The highest BCUT2D eigenvalue weighted by Gasteiger charge is 2.09. The van der Waals surface area contributed by atoms with Crippen molar-refractivity contribution in [2.75, 3.05) is 11.9 Å². The van der Waals surface area contributed by atoms with Crippen molar-refractivity contribution in [3.63, 3.8) is 0 Å². The Bertz CT molecular complexity index is 583. The van der Waals surface area contributed by atoms with Gasteiger partial charge < -0.3 is 15.5 Å². The first kappa shape index (κ1) is 12.3. The molecule has 0 amide bonds. The smallest absolute Gasteiger partial charge is 0.336 e. The standard InChI is InChI=1S/C13H14N2O3/c1-8(7-16)14-12-6-5-9-10(13(17)18)3-2-4-11(9)15-12/h2-6,8,16H,7H2,1H3,(H,14,15)(H,17,18). The number of aliphatic hydroxyl groups is 1. The number of pyridine rings is 1.